The maximum absolute atomic E-state index is 12.6. The SMILES string of the molecule is CCCCC(CN)NC(=O)C1CCCN(C(=O)CCOc2ccccc2)C1. The van der Waals surface area contributed by atoms with Gasteiger partial charge in [-0.25, -0.2) is 0 Å². The van der Waals surface area contributed by atoms with Crippen molar-refractivity contribution in [1.29, 1.82) is 0 Å². The molecule has 2 atom stereocenters. The number of nitrogens with one attached hydrogen (secondary N) is 1. The van der Waals surface area contributed by atoms with Crippen LogP contribution in [0.5, 0.6) is 5.75 Å². The molecule has 0 spiro atoms. The molecule has 3 N–H and O–H groups in total. The van der Waals surface area contributed by atoms with Crippen molar-refractivity contribution in [2.45, 2.75) is 51.5 Å². The molecule has 1 heterocycles. The van der Waals surface area contributed by atoms with Crippen LogP contribution < -0.4 is 15.8 Å². The molecule has 0 saturated carbocycles. The molecular formula is C21H33N3O3. The van der Waals surface area contributed by atoms with Crippen LogP contribution in [-0.4, -0.2) is 49.0 Å². The zero-order valence-corrected chi connectivity index (χ0v) is 16.4. The number of unbranched alkanes of at least 4 members (excludes halogenated alkanes) is 1. The fraction of sp³-hybridized carbons (Fsp3) is 0.619. The lowest BCUT2D eigenvalue weighted by molar-refractivity contribution is -0.136. The molecule has 1 fully saturated rings. The zero-order chi connectivity index (χ0) is 19.5. The highest BCUT2D eigenvalue weighted by Crippen LogP contribution is 2.18. The molecule has 1 aliphatic heterocycles. The molecule has 1 saturated heterocycles. The summed E-state index contributed by atoms with van der Waals surface area (Å²) in [6.07, 6.45) is 5.05. The number of nitrogens with two attached hydrogens (primary N) is 1. The number of hydrogen-bond acceptors (Lipinski definition) is 4. The largest absolute Gasteiger partial charge is 0.493 e. The molecule has 27 heavy (non-hydrogen) atoms. The third-order valence-electron chi connectivity index (χ3n) is 5.01. The second kappa shape index (κ2) is 11.6. The molecule has 1 aliphatic rings. The predicted molar refractivity (Wildman–Crippen MR) is 106 cm³/mol. The minimum Gasteiger partial charge on any atom is -0.493 e. The normalized spacial score (nSPS) is 18.0. The topological polar surface area (TPSA) is 84.7 Å². The molecule has 0 aromatic heterocycles. The number of likely N-dealkylation sites (tertiary alicyclic amines) is 1. The van der Waals surface area contributed by atoms with E-state index >= 15 is 0 Å². The standard InChI is InChI=1S/C21H33N3O3/c1-2-3-9-18(15-22)23-21(26)17-8-7-13-24(16-17)20(25)12-14-27-19-10-5-4-6-11-19/h4-6,10-11,17-18H,2-3,7-9,12-16,22H2,1H3,(H,23,26). The summed E-state index contributed by atoms with van der Waals surface area (Å²) in [4.78, 5) is 26.8. The fourth-order valence-electron chi connectivity index (χ4n) is 3.37. The number of hydrogen-bond donors (Lipinski definition) is 2. The van der Waals surface area contributed by atoms with Crippen molar-refractivity contribution in [3.8, 4) is 5.75 Å². The van der Waals surface area contributed by atoms with E-state index in [2.05, 4.69) is 12.2 Å². The van der Waals surface area contributed by atoms with Crippen molar-refractivity contribution in [2.75, 3.05) is 26.2 Å². The van der Waals surface area contributed by atoms with Crippen LogP contribution >= 0.6 is 0 Å². The van der Waals surface area contributed by atoms with Crippen molar-refractivity contribution >= 4 is 11.8 Å². The Balaban J connectivity index is 1.76. The third-order valence-corrected chi connectivity index (χ3v) is 5.01. The molecule has 6 nitrogen and oxygen atoms in total. The molecule has 150 valence electrons. The molecule has 0 bridgehead atoms. The van der Waals surface area contributed by atoms with Crippen LogP contribution in [0.15, 0.2) is 30.3 Å². The Labute approximate surface area is 162 Å². The van der Waals surface area contributed by atoms with E-state index in [0.717, 1.165) is 37.9 Å². The van der Waals surface area contributed by atoms with Crippen molar-refractivity contribution < 1.29 is 14.3 Å². The first kappa shape index (κ1) is 21.2. The van der Waals surface area contributed by atoms with Crippen LogP contribution in [0.3, 0.4) is 0 Å². The zero-order valence-electron chi connectivity index (χ0n) is 16.4. The molecule has 2 rings (SSSR count). The van der Waals surface area contributed by atoms with Gasteiger partial charge in [0.25, 0.3) is 0 Å². The van der Waals surface area contributed by atoms with Crippen molar-refractivity contribution in [3.05, 3.63) is 30.3 Å². The summed E-state index contributed by atoms with van der Waals surface area (Å²) in [5.41, 5.74) is 5.78. The quantitative estimate of drug-likeness (QED) is 0.657. The Morgan fingerprint density at radius 3 is 2.81 bits per heavy atom. The number of amides is 2. The van der Waals surface area contributed by atoms with Crippen LogP contribution in [0.25, 0.3) is 0 Å². The predicted octanol–water partition coefficient (Wildman–Crippen LogP) is 2.33. The van der Waals surface area contributed by atoms with Gasteiger partial charge in [0.15, 0.2) is 0 Å². The maximum atomic E-state index is 12.6. The first-order valence-corrected chi connectivity index (χ1v) is 10.1. The van der Waals surface area contributed by atoms with Crippen LogP contribution in [0.1, 0.15) is 45.4 Å². The van der Waals surface area contributed by atoms with Gasteiger partial charge in [0, 0.05) is 25.7 Å². The third kappa shape index (κ3) is 7.21. The lowest BCUT2D eigenvalue weighted by Gasteiger charge is -2.33. The van der Waals surface area contributed by atoms with Gasteiger partial charge in [-0.2, -0.15) is 0 Å². The lowest BCUT2D eigenvalue weighted by Crippen LogP contribution is -2.49. The van der Waals surface area contributed by atoms with Gasteiger partial charge in [-0.15, -0.1) is 0 Å². The minimum atomic E-state index is -0.145. The lowest BCUT2D eigenvalue weighted by atomic mass is 9.96. The van der Waals surface area contributed by atoms with Crippen LogP contribution in [-0.2, 0) is 9.59 Å². The van der Waals surface area contributed by atoms with E-state index in [9.17, 15) is 9.59 Å². The molecule has 1 aromatic carbocycles. The van der Waals surface area contributed by atoms with Gasteiger partial charge in [-0.05, 0) is 31.4 Å². The molecule has 0 radical (unpaired) electrons. The number of rotatable bonds is 10. The Morgan fingerprint density at radius 1 is 1.33 bits per heavy atom. The van der Waals surface area contributed by atoms with Crippen LogP contribution in [0, 0.1) is 5.92 Å². The smallest absolute Gasteiger partial charge is 0.226 e. The highest BCUT2D eigenvalue weighted by molar-refractivity contribution is 5.81. The van der Waals surface area contributed by atoms with Gasteiger partial charge in [0.2, 0.25) is 11.8 Å². The Morgan fingerprint density at radius 2 is 2.11 bits per heavy atom. The Kier molecular flexibility index (Phi) is 9.11. The molecule has 0 aliphatic carbocycles. The first-order valence-electron chi connectivity index (χ1n) is 10.1. The number of para-hydroxylation sites is 1. The van der Waals surface area contributed by atoms with Crippen molar-refractivity contribution in [1.82, 2.24) is 10.2 Å². The van der Waals surface area contributed by atoms with Crippen LogP contribution in [0.2, 0.25) is 0 Å². The molecule has 2 amide bonds. The molecule has 2 unspecified atom stereocenters. The number of nitrogens with zero attached hydrogens (tertiary/aromatic N) is 1. The number of piperidine rings is 1. The van der Waals surface area contributed by atoms with E-state index < -0.39 is 0 Å². The molecule has 1 aromatic rings. The van der Waals surface area contributed by atoms with E-state index in [1.165, 1.54) is 0 Å². The van der Waals surface area contributed by atoms with Gasteiger partial charge in [-0.3, -0.25) is 9.59 Å². The molecule has 6 heteroatoms. The van der Waals surface area contributed by atoms with Gasteiger partial charge >= 0.3 is 0 Å². The Bertz CT molecular complexity index is 579. The first-order chi connectivity index (χ1) is 13.1. The summed E-state index contributed by atoms with van der Waals surface area (Å²) in [7, 11) is 0. The summed E-state index contributed by atoms with van der Waals surface area (Å²) in [5.74, 6) is 0.693. The van der Waals surface area contributed by atoms with E-state index in [1.54, 1.807) is 4.90 Å². The second-order valence-corrected chi connectivity index (χ2v) is 7.17. The summed E-state index contributed by atoms with van der Waals surface area (Å²) in [5, 5.41) is 3.07. The second-order valence-electron chi connectivity index (χ2n) is 7.17. The number of benzene rings is 1. The van der Waals surface area contributed by atoms with Gasteiger partial charge in [0.05, 0.1) is 18.9 Å². The van der Waals surface area contributed by atoms with Gasteiger partial charge in [0.1, 0.15) is 5.75 Å². The highest BCUT2D eigenvalue weighted by Gasteiger charge is 2.29. The van der Waals surface area contributed by atoms with E-state index in [0.29, 0.717) is 32.7 Å². The van der Waals surface area contributed by atoms with Crippen molar-refractivity contribution in [2.24, 2.45) is 11.7 Å². The number of carbonyl (C=O) groups is 2. The Hall–Kier alpha value is -2.08. The average molecular weight is 376 g/mol. The fourth-order valence-corrected chi connectivity index (χ4v) is 3.37. The molecular weight excluding hydrogens is 342 g/mol. The number of carbonyl (C=O) groups excluding carboxylic acids is 2. The van der Waals surface area contributed by atoms with Gasteiger partial charge in [-0.1, -0.05) is 38.0 Å². The average Bonchev–Trinajstić information content (AvgIpc) is 2.71. The van der Waals surface area contributed by atoms with Crippen molar-refractivity contribution in [3.63, 3.8) is 0 Å². The van der Waals surface area contributed by atoms with E-state index in [1.807, 2.05) is 30.3 Å². The van der Waals surface area contributed by atoms with Crippen LogP contribution in [0.4, 0.5) is 0 Å². The van der Waals surface area contributed by atoms with E-state index in [4.69, 9.17) is 10.5 Å². The maximum Gasteiger partial charge on any atom is 0.226 e. The number of ether oxygens (including phenoxy) is 1. The monoisotopic (exact) mass is 375 g/mol. The summed E-state index contributed by atoms with van der Waals surface area (Å²) in [6.45, 7) is 4.13. The minimum absolute atomic E-state index is 0.0274. The van der Waals surface area contributed by atoms with Gasteiger partial charge < -0.3 is 20.7 Å². The summed E-state index contributed by atoms with van der Waals surface area (Å²) in [6, 6.07) is 9.51. The summed E-state index contributed by atoms with van der Waals surface area (Å²) < 4.78 is 5.61. The van der Waals surface area contributed by atoms with E-state index in [-0.39, 0.29) is 23.8 Å². The highest BCUT2D eigenvalue weighted by atomic mass is 16.5. The summed E-state index contributed by atoms with van der Waals surface area (Å²) >= 11 is 0.